The van der Waals surface area contributed by atoms with Crippen molar-refractivity contribution in [3.63, 3.8) is 0 Å². The fraction of sp³-hybridized carbons (Fsp3) is 0.217. The van der Waals surface area contributed by atoms with Gasteiger partial charge >= 0.3 is 0 Å². The Kier molecular flexibility index (Phi) is 5.26. The van der Waals surface area contributed by atoms with Crippen LogP contribution in [0.3, 0.4) is 0 Å². The van der Waals surface area contributed by atoms with Gasteiger partial charge in [0.1, 0.15) is 5.82 Å². The highest BCUT2D eigenvalue weighted by Crippen LogP contribution is 2.34. The number of hydrogen-bond acceptors (Lipinski definition) is 5. The molecule has 1 aliphatic rings. The molecular formula is C23H21ClN6O. The summed E-state index contributed by atoms with van der Waals surface area (Å²) in [5, 5.41) is 3.65. The second kappa shape index (κ2) is 8.35. The molecule has 4 aromatic rings. The Morgan fingerprint density at radius 1 is 1.10 bits per heavy atom. The molecule has 31 heavy (non-hydrogen) atoms. The molecule has 1 aliphatic heterocycles. The van der Waals surface area contributed by atoms with Crippen molar-refractivity contribution in [2.45, 2.75) is 25.4 Å². The van der Waals surface area contributed by atoms with Gasteiger partial charge in [-0.3, -0.25) is 4.79 Å². The number of aromatic nitrogens is 4. The molecule has 1 saturated heterocycles. The van der Waals surface area contributed by atoms with Crippen molar-refractivity contribution in [1.82, 2.24) is 24.7 Å². The highest BCUT2D eigenvalue weighted by molar-refractivity contribution is 6.30. The van der Waals surface area contributed by atoms with Crippen LogP contribution in [-0.4, -0.2) is 31.8 Å². The van der Waals surface area contributed by atoms with Crippen LogP contribution in [0.5, 0.6) is 0 Å². The van der Waals surface area contributed by atoms with Crippen molar-refractivity contribution in [3.8, 4) is 0 Å². The zero-order valence-corrected chi connectivity index (χ0v) is 17.5. The van der Waals surface area contributed by atoms with Crippen LogP contribution in [0.15, 0.2) is 67.1 Å². The van der Waals surface area contributed by atoms with Crippen molar-refractivity contribution >= 4 is 29.0 Å². The number of amides is 1. The molecule has 1 aromatic carbocycles. The van der Waals surface area contributed by atoms with E-state index in [0.29, 0.717) is 23.2 Å². The molecule has 0 bridgehead atoms. The van der Waals surface area contributed by atoms with Crippen molar-refractivity contribution in [2.24, 2.45) is 0 Å². The summed E-state index contributed by atoms with van der Waals surface area (Å²) in [7, 11) is 0. The van der Waals surface area contributed by atoms with Crippen LogP contribution in [0.4, 0.5) is 5.95 Å². The molecule has 5 rings (SSSR count). The lowest BCUT2D eigenvalue weighted by molar-refractivity contribution is 0.0948. The summed E-state index contributed by atoms with van der Waals surface area (Å²) in [4.78, 5) is 28.8. The van der Waals surface area contributed by atoms with E-state index in [2.05, 4.69) is 20.2 Å². The lowest BCUT2D eigenvalue weighted by atomic mass is 10.2. The Balaban J connectivity index is 1.45. The number of fused-ring (bicyclic) bond motifs is 1. The summed E-state index contributed by atoms with van der Waals surface area (Å²) in [5.41, 5.74) is 2.18. The summed E-state index contributed by atoms with van der Waals surface area (Å²) in [6.45, 7) is 1.26. The molecule has 3 aromatic heterocycles. The Morgan fingerprint density at radius 2 is 1.90 bits per heavy atom. The molecule has 7 nitrogen and oxygen atoms in total. The molecule has 156 valence electrons. The topological polar surface area (TPSA) is 75.4 Å². The molecule has 4 heterocycles. The molecule has 1 N–H and O–H groups in total. The van der Waals surface area contributed by atoms with E-state index < -0.39 is 0 Å². The first kappa shape index (κ1) is 19.5. The van der Waals surface area contributed by atoms with Gasteiger partial charge in [-0.25, -0.2) is 15.0 Å². The first-order chi connectivity index (χ1) is 15.2. The zero-order valence-electron chi connectivity index (χ0n) is 16.8. The number of rotatable bonds is 5. The summed E-state index contributed by atoms with van der Waals surface area (Å²) in [5.74, 6) is 1.31. The predicted molar refractivity (Wildman–Crippen MR) is 119 cm³/mol. The minimum Gasteiger partial charge on any atom is -0.347 e. The van der Waals surface area contributed by atoms with E-state index in [1.807, 2.05) is 59.1 Å². The molecule has 1 amide bonds. The Bertz CT molecular complexity index is 1210. The minimum atomic E-state index is -0.203. The van der Waals surface area contributed by atoms with Gasteiger partial charge in [-0.05, 0) is 48.7 Å². The number of anilines is 1. The van der Waals surface area contributed by atoms with E-state index in [4.69, 9.17) is 16.6 Å². The Labute approximate surface area is 184 Å². The van der Waals surface area contributed by atoms with Gasteiger partial charge in [0.2, 0.25) is 5.95 Å². The normalized spacial score (nSPS) is 16.0. The number of hydrogen-bond donors (Lipinski definition) is 1. The molecule has 1 fully saturated rings. The van der Waals surface area contributed by atoms with Gasteiger partial charge in [0.15, 0.2) is 5.69 Å². The monoisotopic (exact) mass is 432 g/mol. The number of halogens is 1. The fourth-order valence-corrected chi connectivity index (χ4v) is 4.17. The van der Waals surface area contributed by atoms with Gasteiger partial charge < -0.3 is 14.6 Å². The van der Waals surface area contributed by atoms with Gasteiger partial charge in [-0.1, -0.05) is 29.8 Å². The summed E-state index contributed by atoms with van der Waals surface area (Å²) in [6.07, 6.45) is 7.39. The third-order valence-corrected chi connectivity index (χ3v) is 5.77. The molecule has 1 atom stereocenters. The van der Waals surface area contributed by atoms with Gasteiger partial charge in [-0.2, -0.15) is 0 Å². The lowest BCUT2D eigenvalue weighted by Gasteiger charge is -2.23. The van der Waals surface area contributed by atoms with Crippen molar-refractivity contribution in [2.75, 3.05) is 11.4 Å². The van der Waals surface area contributed by atoms with Crippen LogP contribution in [0.1, 0.15) is 40.8 Å². The van der Waals surface area contributed by atoms with E-state index in [9.17, 15) is 4.79 Å². The van der Waals surface area contributed by atoms with Crippen LogP contribution < -0.4 is 10.2 Å². The van der Waals surface area contributed by atoms with Crippen molar-refractivity contribution in [3.05, 3.63) is 89.2 Å². The maximum Gasteiger partial charge on any atom is 0.272 e. The number of imidazole rings is 1. The molecular weight excluding hydrogens is 412 g/mol. The first-order valence-electron chi connectivity index (χ1n) is 10.2. The number of carbonyl (C=O) groups excluding carboxylic acids is 1. The SMILES string of the molecule is O=C(NCc1ccc(Cl)cc1)c1nc([C@H]2CCCN2c2ncccn2)n2ccccc12. The third kappa shape index (κ3) is 3.84. The number of nitrogens with one attached hydrogen (secondary N) is 1. The zero-order chi connectivity index (χ0) is 21.2. The maximum absolute atomic E-state index is 13.0. The molecule has 0 radical (unpaired) electrons. The lowest BCUT2D eigenvalue weighted by Crippen LogP contribution is -2.26. The van der Waals surface area contributed by atoms with E-state index in [0.717, 1.165) is 36.3 Å². The second-order valence-electron chi connectivity index (χ2n) is 7.48. The van der Waals surface area contributed by atoms with Gasteiger partial charge in [-0.15, -0.1) is 0 Å². The van der Waals surface area contributed by atoms with Crippen LogP contribution in [0.25, 0.3) is 5.52 Å². The van der Waals surface area contributed by atoms with Crippen LogP contribution >= 0.6 is 11.6 Å². The Morgan fingerprint density at radius 3 is 2.71 bits per heavy atom. The van der Waals surface area contributed by atoms with Crippen LogP contribution in [0.2, 0.25) is 5.02 Å². The van der Waals surface area contributed by atoms with Crippen molar-refractivity contribution < 1.29 is 4.79 Å². The average Bonchev–Trinajstić information content (AvgIpc) is 3.44. The molecule has 8 heteroatoms. The van der Waals surface area contributed by atoms with Gasteiger partial charge in [0.25, 0.3) is 5.91 Å². The molecule has 0 spiro atoms. The maximum atomic E-state index is 13.0. The van der Waals surface area contributed by atoms with Crippen molar-refractivity contribution in [1.29, 1.82) is 0 Å². The number of pyridine rings is 1. The summed E-state index contributed by atoms with van der Waals surface area (Å²) >= 11 is 5.94. The predicted octanol–water partition coefficient (Wildman–Crippen LogP) is 4.05. The van der Waals surface area contributed by atoms with E-state index in [1.165, 1.54) is 0 Å². The fourth-order valence-electron chi connectivity index (χ4n) is 4.05. The summed E-state index contributed by atoms with van der Waals surface area (Å²) in [6, 6.07) is 15.0. The largest absolute Gasteiger partial charge is 0.347 e. The number of carbonyl (C=O) groups is 1. The quantitative estimate of drug-likeness (QED) is 0.515. The van der Waals surface area contributed by atoms with Crippen LogP contribution in [-0.2, 0) is 6.54 Å². The average molecular weight is 433 g/mol. The molecule has 0 aliphatic carbocycles. The standard InChI is InChI=1S/C23H21ClN6O/c24-17-9-7-16(8-10-17)15-27-22(31)20-18-5-1-2-13-29(18)21(28-20)19-6-3-14-30(19)23-25-11-4-12-26-23/h1-2,4-5,7-13,19H,3,6,14-15H2,(H,27,31)/t19-/m1/s1. The highest BCUT2D eigenvalue weighted by Gasteiger charge is 2.32. The number of nitrogens with zero attached hydrogens (tertiary/aromatic N) is 5. The highest BCUT2D eigenvalue weighted by atomic mass is 35.5. The van der Waals surface area contributed by atoms with Gasteiger partial charge in [0.05, 0.1) is 11.6 Å². The summed E-state index contributed by atoms with van der Waals surface area (Å²) < 4.78 is 2.00. The molecule has 0 unspecified atom stereocenters. The van der Waals surface area contributed by atoms with E-state index in [-0.39, 0.29) is 11.9 Å². The Hall–Kier alpha value is -3.45. The first-order valence-corrected chi connectivity index (χ1v) is 10.6. The van der Waals surface area contributed by atoms with E-state index in [1.54, 1.807) is 12.4 Å². The van der Waals surface area contributed by atoms with Crippen LogP contribution in [0, 0.1) is 0 Å². The second-order valence-corrected chi connectivity index (χ2v) is 7.92. The third-order valence-electron chi connectivity index (χ3n) is 5.52. The smallest absolute Gasteiger partial charge is 0.272 e. The minimum absolute atomic E-state index is 0.00937. The van der Waals surface area contributed by atoms with E-state index >= 15 is 0 Å². The number of benzene rings is 1. The molecule has 0 saturated carbocycles. The van der Waals surface area contributed by atoms with Gasteiger partial charge in [0, 0.05) is 36.7 Å².